The zero-order valence-corrected chi connectivity index (χ0v) is 8.58. The Balaban J connectivity index is 1.89. The standard InChI is InChI=1S/C11H18N2/c1-9(2)13-6-10(7-13)11(8-12)4-3-5-11/h9-10H,3-7H2,1-2H3. The molecule has 0 bridgehead atoms. The van der Waals surface area contributed by atoms with E-state index < -0.39 is 0 Å². The van der Waals surface area contributed by atoms with Crippen LogP contribution in [0.15, 0.2) is 0 Å². The monoisotopic (exact) mass is 178 g/mol. The van der Waals surface area contributed by atoms with Gasteiger partial charge in [0.15, 0.2) is 0 Å². The number of likely N-dealkylation sites (tertiary alicyclic amines) is 1. The van der Waals surface area contributed by atoms with Crippen LogP contribution in [0.1, 0.15) is 33.1 Å². The van der Waals surface area contributed by atoms with Crippen molar-refractivity contribution in [2.75, 3.05) is 13.1 Å². The van der Waals surface area contributed by atoms with Gasteiger partial charge in [-0.1, -0.05) is 6.42 Å². The van der Waals surface area contributed by atoms with E-state index in [9.17, 15) is 0 Å². The molecular weight excluding hydrogens is 160 g/mol. The molecule has 0 N–H and O–H groups in total. The van der Waals surface area contributed by atoms with E-state index in [4.69, 9.17) is 5.26 Å². The van der Waals surface area contributed by atoms with Crippen LogP contribution in [-0.4, -0.2) is 24.0 Å². The average Bonchev–Trinajstić information content (AvgIpc) is 1.90. The molecule has 2 fully saturated rings. The summed E-state index contributed by atoms with van der Waals surface area (Å²) in [5.74, 6) is 0.675. The van der Waals surface area contributed by atoms with Gasteiger partial charge in [0.2, 0.25) is 0 Å². The first-order chi connectivity index (χ1) is 6.18. The third kappa shape index (κ3) is 1.26. The summed E-state index contributed by atoms with van der Waals surface area (Å²) in [5, 5.41) is 9.13. The first kappa shape index (κ1) is 9.02. The van der Waals surface area contributed by atoms with Crippen LogP contribution in [0.2, 0.25) is 0 Å². The normalized spacial score (nSPS) is 27.8. The molecule has 72 valence electrons. The van der Waals surface area contributed by atoms with Crippen molar-refractivity contribution in [1.29, 1.82) is 5.26 Å². The second-order valence-electron chi connectivity index (χ2n) is 4.87. The van der Waals surface area contributed by atoms with E-state index in [1.54, 1.807) is 0 Å². The fraction of sp³-hybridized carbons (Fsp3) is 0.909. The van der Waals surface area contributed by atoms with E-state index in [0.29, 0.717) is 12.0 Å². The molecular formula is C11H18N2. The zero-order valence-electron chi connectivity index (χ0n) is 8.58. The maximum absolute atomic E-state index is 9.13. The van der Waals surface area contributed by atoms with E-state index in [-0.39, 0.29) is 5.41 Å². The third-order valence-corrected chi connectivity index (χ3v) is 3.89. The molecule has 0 spiro atoms. The highest BCUT2D eigenvalue weighted by molar-refractivity contribution is 5.12. The van der Waals surface area contributed by atoms with Crippen LogP contribution in [0.25, 0.3) is 0 Å². The number of nitrogens with zero attached hydrogens (tertiary/aromatic N) is 2. The van der Waals surface area contributed by atoms with Crippen molar-refractivity contribution in [1.82, 2.24) is 4.90 Å². The summed E-state index contributed by atoms with van der Waals surface area (Å²) < 4.78 is 0. The van der Waals surface area contributed by atoms with Crippen LogP contribution < -0.4 is 0 Å². The largest absolute Gasteiger partial charge is 0.300 e. The van der Waals surface area contributed by atoms with E-state index in [0.717, 1.165) is 25.9 Å². The predicted octanol–water partition coefficient (Wildman–Crippen LogP) is 2.02. The third-order valence-electron chi connectivity index (χ3n) is 3.89. The molecule has 0 aromatic heterocycles. The maximum Gasteiger partial charge on any atom is 0.0693 e. The minimum absolute atomic E-state index is 0.0887. The van der Waals surface area contributed by atoms with Crippen molar-refractivity contribution in [3.05, 3.63) is 0 Å². The summed E-state index contributed by atoms with van der Waals surface area (Å²) in [6.45, 7) is 6.78. The Morgan fingerprint density at radius 3 is 2.31 bits per heavy atom. The number of hydrogen-bond donors (Lipinski definition) is 0. The average molecular weight is 178 g/mol. The topological polar surface area (TPSA) is 27.0 Å². The highest BCUT2D eigenvalue weighted by Crippen LogP contribution is 2.49. The van der Waals surface area contributed by atoms with Crippen molar-refractivity contribution in [2.24, 2.45) is 11.3 Å². The summed E-state index contributed by atoms with van der Waals surface area (Å²) in [6, 6.07) is 3.21. The number of nitriles is 1. The zero-order chi connectivity index (χ0) is 9.47. The lowest BCUT2D eigenvalue weighted by Crippen LogP contribution is -2.58. The van der Waals surface area contributed by atoms with Crippen LogP contribution in [0.5, 0.6) is 0 Å². The summed E-state index contributed by atoms with van der Waals surface area (Å²) in [4.78, 5) is 2.46. The van der Waals surface area contributed by atoms with Crippen molar-refractivity contribution >= 4 is 0 Å². The minimum atomic E-state index is 0.0887. The molecule has 2 nitrogen and oxygen atoms in total. The van der Waals surface area contributed by atoms with Gasteiger partial charge in [0.1, 0.15) is 0 Å². The highest BCUT2D eigenvalue weighted by atomic mass is 15.2. The minimum Gasteiger partial charge on any atom is -0.300 e. The Bertz CT molecular complexity index is 229. The molecule has 2 heteroatoms. The van der Waals surface area contributed by atoms with Crippen molar-refractivity contribution in [3.8, 4) is 6.07 Å². The Labute approximate surface area is 80.5 Å². The quantitative estimate of drug-likeness (QED) is 0.647. The Morgan fingerprint density at radius 1 is 1.38 bits per heavy atom. The van der Waals surface area contributed by atoms with Crippen LogP contribution in [0.3, 0.4) is 0 Å². The smallest absolute Gasteiger partial charge is 0.0693 e. The second-order valence-corrected chi connectivity index (χ2v) is 4.87. The van der Waals surface area contributed by atoms with Gasteiger partial charge >= 0.3 is 0 Å². The summed E-state index contributed by atoms with van der Waals surface area (Å²) in [7, 11) is 0. The maximum atomic E-state index is 9.13. The predicted molar refractivity (Wildman–Crippen MR) is 52.1 cm³/mol. The Hall–Kier alpha value is -0.550. The number of rotatable bonds is 2. The lowest BCUT2D eigenvalue weighted by atomic mass is 9.59. The van der Waals surface area contributed by atoms with E-state index >= 15 is 0 Å². The van der Waals surface area contributed by atoms with Gasteiger partial charge < -0.3 is 4.90 Å². The van der Waals surface area contributed by atoms with Gasteiger partial charge in [0.05, 0.1) is 11.5 Å². The van der Waals surface area contributed by atoms with E-state index in [2.05, 4.69) is 24.8 Å². The number of hydrogen-bond acceptors (Lipinski definition) is 2. The van der Waals surface area contributed by atoms with Crippen LogP contribution in [0.4, 0.5) is 0 Å². The summed E-state index contributed by atoms with van der Waals surface area (Å²) in [5.41, 5.74) is 0.0887. The highest BCUT2D eigenvalue weighted by Gasteiger charge is 2.49. The first-order valence-electron chi connectivity index (χ1n) is 5.33. The van der Waals surface area contributed by atoms with Gasteiger partial charge in [-0.2, -0.15) is 5.26 Å². The molecule has 0 atom stereocenters. The van der Waals surface area contributed by atoms with Gasteiger partial charge in [0, 0.05) is 25.0 Å². The lowest BCUT2D eigenvalue weighted by Gasteiger charge is -2.52. The molecule has 0 unspecified atom stereocenters. The van der Waals surface area contributed by atoms with E-state index in [1.165, 1.54) is 6.42 Å². The van der Waals surface area contributed by atoms with Crippen LogP contribution in [-0.2, 0) is 0 Å². The van der Waals surface area contributed by atoms with Crippen LogP contribution in [0, 0.1) is 22.7 Å². The first-order valence-corrected chi connectivity index (χ1v) is 5.33. The molecule has 1 saturated heterocycles. The Morgan fingerprint density at radius 2 is 2.00 bits per heavy atom. The molecule has 0 amide bonds. The SMILES string of the molecule is CC(C)N1CC(C2(C#N)CCC2)C1. The molecule has 1 saturated carbocycles. The summed E-state index contributed by atoms with van der Waals surface area (Å²) in [6.07, 6.45) is 3.58. The fourth-order valence-electron chi connectivity index (χ4n) is 2.45. The van der Waals surface area contributed by atoms with Gasteiger partial charge in [-0.25, -0.2) is 0 Å². The molecule has 2 rings (SSSR count). The van der Waals surface area contributed by atoms with E-state index in [1.807, 2.05) is 0 Å². The molecule has 2 aliphatic rings. The lowest BCUT2D eigenvalue weighted by molar-refractivity contribution is -0.0309. The molecule has 13 heavy (non-hydrogen) atoms. The Kier molecular flexibility index (Phi) is 2.08. The second kappa shape index (κ2) is 2.99. The van der Waals surface area contributed by atoms with Crippen LogP contribution >= 0.6 is 0 Å². The van der Waals surface area contributed by atoms with Gasteiger partial charge in [-0.05, 0) is 26.7 Å². The van der Waals surface area contributed by atoms with Gasteiger partial charge in [0.25, 0.3) is 0 Å². The van der Waals surface area contributed by atoms with Crippen molar-refractivity contribution < 1.29 is 0 Å². The fourth-order valence-corrected chi connectivity index (χ4v) is 2.45. The molecule has 1 aliphatic heterocycles. The molecule has 0 aromatic rings. The van der Waals surface area contributed by atoms with Gasteiger partial charge in [-0.3, -0.25) is 0 Å². The molecule has 1 aliphatic carbocycles. The van der Waals surface area contributed by atoms with Crippen molar-refractivity contribution in [2.45, 2.75) is 39.2 Å². The summed E-state index contributed by atoms with van der Waals surface area (Å²) >= 11 is 0. The van der Waals surface area contributed by atoms with Gasteiger partial charge in [-0.15, -0.1) is 0 Å². The molecule has 0 aromatic carbocycles. The van der Waals surface area contributed by atoms with Crippen molar-refractivity contribution in [3.63, 3.8) is 0 Å². The molecule has 0 radical (unpaired) electrons. The molecule has 1 heterocycles.